The van der Waals surface area contributed by atoms with Crippen LogP contribution in [0.25, 0.3) is 0 Å². The van der Waals surface area contributed by atoms with E-state index < -0.39 is 39.9 Å². The number of nitrogens with zero attached hydrogens (tertiary/aromatic N) is 3. The summed E-state index contributed by atoms with van der Waals surface area (Å²) < 4.78 is 52.2. The first kappa shape index (κ1) is 30.9. The van der Waals surface area contributed by atoms with Gasteiger partial charge in [0.25, 0.3) is 5.91 Å². The summed E-state index contributed by atoms with van der Waals surface area (Å²) in [5.74, 6) is -0.692. The number of hydrogen-bond acceptors (Lipinski definition) is 8. The molecule has 1 aromatic heterocycles. The van der Waals surface area contributed by atoms with Crippen LogP contribution in [0.15, 0.2) is 51.9 Å². The van der Waals surface area contributed by atoms with Crippen LogP contribution in [-0.2, 0) is 10.0 Å². The Bertz CT molecular complexity index is 1540. The van der Waals surface area contributed by atoms with Crippen LogP contribution in [0.4, 0.5) is 20.6 Å². The van der Waals surface area contributed by atoms with E-state index >= 15 is 0 Å². The van der Waals surface area contributed by atoms with Crippen molar-refractivity contribution in [3.63, 3.8) is 0 Å². The van der Waals surface area contributed by atoms with E-state index in [-0.39, 0.29) is 41.8 Å². The fourth-order valence-corrected chi connectivity index (χ4v) is 5.78. The van der Waals surface area contributed by atoms with Crippen molar-refractivity contribution >= 4 is 33.3 Å². The van der Waals surface area contributed by atoms with Gasteiger partial charge in [0.2, 0.25) is 10.0 Å². The highest BCUT2D eigenvalue weighted by atomic mass is 32.2. The fraction of sp³-hybridized carbons (Fsp3) is 0.393. The molecule has 2 aromatic carbocycles. The van der Waals surface area contributed by atoms with Crippen molar-refractivity contribution in [2.45, 2.75) is 44.7 Å². The van der Waals surface area contributed by atoms with Gasteiger partial charge in [-0.25, -0.2) is 17.6 Å². The van der Waals surface area contributed by atoms with Gasteiger partial charge in [0, 0.05) is 25.2 Å². The lowest BCUT2D eigenvalue weighted by molar-refractivity contribution is 0.0387. The standard InChI is InChI=1S/C28H34FN5O7S/c1-16-13-34(17(2)15-35)27(36)23-12-21(30-28(37)31-26-18(3)32-41-19(26)4)8-11-24(23)40-25(16)14-33(5)42(38,39)22-9-6-20(29)7-10-22/h6-12,16-17,25,35H,13-15H2,1-5H3,(H2,30,31,37)/t16-,17+,25+/m0/s1. The molecule has 3 atom stereocenters. The summed E-state index contributed by atoms with van der Waals surface area (Å²) in [4.78, 5) is 27.8. The third-order valence-corrected chi connectivity index (χ3v) is 8.99. The Morgan fingerprint density at radius 1 is 1.21 bits per heavy atom. The van der Waals surface area contributed by atoms with E-state index in [0.717, 1.165) is 16.4 Å². The molecule has 4 rings (SSSR count). The zero-order valence-corrected chi connectivity index (χ0v) is 24.7. The summed E-state index contributed by atoms with van der Waals surface area (Å²) >= 11 is 0. The van der Waals surface area contributed by atoms with Crippen LogP contribution in [0.5, 0.6) is 5.75 Å². The van der Waals surface area contributed by atoms with Crippen molar-refractivity contribution in [1.82, 2.24) is 14.4 Å². The highest BCUT2D eigenvalue weighted by Crippen LogP contribution is 2.31. The number of urea groups is 1. The summed E-state index contributed by atoms with van der Waals surface area (Å²) in [5, 5.41) is 19.0. The third kappa shape index (κ3) is 6.55. The molecule has 12 nitrogen and oxygen atoms in total. The van der Waals surface area contributed by atoms with Crippen LogP contribution in [0.2, 0.25) is 0 Å². The zero-order chi connectivity index (χ0) is 30.8. The molecule has 0 unspecified atom stereocenters. The molecule has 0 saturated carbocycles. The Balaban J connectivity index is 1.62. The largest absolute Gasteiger partial charge is 0.488 e. The maximum Gasteiger partial charge on any atom is 0.323 e. The summed E-state index contributed by atoms with van der Waals surface area (Å²) in [6.45, 7) is 6.67. The van der Waals surface area contributed by atoms with Gasteiger partial charge in [-0.2, -0.15) is 4.31 Å². The third-order valence-electron chi connectivity index (χ3n) is 7.15. The van der Waals surface area contributed by atoms with Gasteiger partial charge in [-0.1, -0.05) is 12.1 Å². The van der Waals surface area contributed by atoms with Crippen molar-refractivity contribution in [3.8, 4) is 5.75 Å². The monoisotopic (exact) mass is 603 g/mol. The smallest absolute Gasteiger partial charge is 0.323 e. The predicted octanol–water partition coefficient (Wildman–Crippen LogP) is 3.62. The van der Waals surface area contributed by atoms with Crippen molar-refractivity contribution < 1.29 is 36.8 Å². The zero-order valence-electron chi connectivity index (χ0n) is 23.9. The van der Waals surface area contributed by atoms with Crippen LogP contribution < -0.4 is 15.4 Å². The molecule has 1 aliphatic heterocycles. The second-order valence-corrected chi connectivity index (χ2v) is 12.4. The topological polar surface area (TPSA) is 154 Å². The second-order valence-electron chi connectivity index (χ2n) is 10.4. The highest BCUT2D eigenvalue weighted by molar-refractivity contribution is 7.89. The van der Waals surface area contributed by atoms with E-state index in [1.165, 1.54) is 36.2 Å². The number of aliphatic hydroxyl groups is 1. The number of amides is 3. The van der Waals surface area contributed by atoms with Gasteiger partial charge in [0.1, 0.15) is 29.1 Å². The molecule has 14 heteroatoms. The van der Waals surface area contributed by atoms with Crippen LogP contribution in [-0.4, -0.2) is 78.7 Å². The molecular weight excluding hydrogens is 569 g/mol. The number of likely N-dealkylation sites (N-methyl/N-ethyl adjacent to an activating group) is 1. The van der Waals surface area contributed by atoms with Crippen molar-refractivity contribution in [2.24, 2.45) is 5.92 Å². The Kier molecular flexibility index (Phi) is 9.18. The van der Waals surface area contributed by atoms with E-state index in [4.69, 9.17) is 9.26 Å². The van der Waals surface area contributed by atoms with Gasteiger partial charge in [-0.05, 0) is 63.2 Å². The molecular formula is C28H34FN5O7S. The van der Waals surface area contributed by atoms with Crippen molar-refractivity contribution in [1.29, 1.82) is 0 Å². The van der Waals surface area contributed by atoms with Crippen LogP contribution in [0, 0.1) is 25.6 Å². The summed E-state index contributed by atoms with van der Waals surface area (Å²) in [7, 11) is -2.57. The van der Waals surface area contributed by atoms with Gasteiger partial charge in [-0.15, -0.1) is 0 Å². The van der Waals surface area contributed by atoms with Gasteiger partial charge < -0.3 is 29.9 Å². The van der Waals surface area contributed by atoms with Crippen molar-refractivity contribution in [3.05, 3.63) is 65.3 Å². The molecule has 0 saturated heterocycles. The number of aliphatic hydroxyl groups excluding tert-OH is 1. The maximum atomic E-state index is 13.7. The summed E-state index contributed by atoms with van der Waals surface area (Å²) in [6, 6.07) is 7.96. The number of ether oxygens (including phenoxy) is 1. The van der Waals surface area contributed by atoms with Crippen molar-refractivity contribution in [2.75, 3.05) is 37.4 Å². The van der Waals surface area contributed by atoms with Crippen LogP contribution >= 0.6 is 0 Å². The molecule has 0 fully saturated rings. The maximum absolute atomic E-state index is 13.7. The SMILES string of the molecule is Cc1noc(C)c1NC(=O)Nc1ccc2c(c1)C(=O)N([C@H](C)CO)C[C@H](C)[C@@H](CN(C)S(=O)(=O)c1ccc(F)cc1)O2. The lowest BCUT2D eigenvalue weighted by Gasteiger charge is -2.38. The number of aryl methyl sites for hydroxylation is 2. The fourth-order valence-electron chi connectivity index (χ4n) is 4.59. The number of rotatable bonds is 8. The van der Waals surface area contributed by atoms with Crippen LogP contribution in [0.1, 0.15) is 35.7 Å². The minimum Gasteiger partial charge on any atom is -0.488 e. The number of aromatic nitrogens is 1. The van der Waals surface area contributed by atoms with E-state index in [1.54, 1.807) is 26.8 Å². The predicted molar refractivity (Wildman–Crippen MR) is 152 cm³/mol. The van der Waals surface area contributed by atoms with Gasteiger partial charge in [-0.3, -0.25) is 4.79 Å². The molecule has 0 radical (unpaired) electrons. The quantitative estimate of drug-likeness (QED) is 0.353. The molecule has 1 aliphatic rings. The van der Waals surface area contributed by atoms with Gasteiger partial charge in [0.15, 0.2) is 5.76 Å². The van der Waals surface area contributed by atoms with Gasteiger partial charge in [0.05, 0.1) is 29.7 Å². The number of halogens is 1. The minimum atomic E-state index is -3.97. The molecule has 3 aromatic rings. The molecule has 0 bridgehead atoms. The molecule has 226 valence electrons. The Morgan fingerprint density at radius 3 is 2.52 bits per heavy atom. The molecule has 3 N–H and O–H groups in total. The number of carbonyl (C=O) groups is 2. The molecule has 0 spiro atoms. The number of nitrogens with one attached hydrogen (secondary N) is 2. The number of hydrogen-bond donors (Lipinski definition) is 3. The molecule has 42 heavy (non-hydrogen) atoms. The Hall–Kier alpha value is -4.01. The normalized spacial score (nSPS) is 18.1. The molecule has 2 heterocycles. The number of anilines is 2. The van der Waals surface area contributed by atoms with E-state index in [1.807, 2.05) is 6.92 Å². The molecule has 0 aliphatic carbocycles. The Labute approximate surface area is 243 Å². The van der Waals surface area contributed by atoms with Crippen LogP contribution in [0.3, 0.4) is 0 Å². The first-order valence-electron chi connectivity index (χ1n) is 13.3. The average Bonchev–Trinajstić information content (AvgIpc) is 3.26. The number of sulfonamides is 1. The summed E-state index contributed by atoms with van der Waals surface area (Å²) in [5.41, 5.74) is 1.36. The lowest BCUT2D eigenvalue weighted by atomic mass is 9.99. The first-order valence-corrected chi connectivity index (χ1v) is 14.7. The first-order chi connectivity index (χ1) is 19.8. The number of fused-ring (bicyclic) bond motifs is 1. The minimum absolute atomic E-state index is 0.0680. The number of benzene rings is 2. The number of carbonyl (C=O) groups excluding carboxylic acids is 2. The highest BCUT2D eigenvalue weighted by Gasteiger charge is 2.35. The lowest BCUT2D eigenvalue weighted by Crippen LogP contribution is -2.50. The second kappa shape index (κ2) is 12.5. The van der Waals surface area contributed by atoms with E-state index in [0.29, 0.717) is 22.8 Å². The summed E-state index contributed by atoms with van der Waals surface area (Å²) in [6.07, 6.45) is -0.702. The van der Waals surface area contributed by atoms with Gasteiger partial charge >= 0.3 is 6.03 Å². The Morgan fingerprint density at radius 2 is 1.90 bits per heavy atom. The molecule has 3 amide bonds. The van der Waals surface area contributed by atoms with E-state index in [9.17, 15) is 27.5 Å². The average molecular weight is 604 g/mol. The van der Waals surface area contributed by atoms with E-state index in [2.05, 4.69) is 15.8 Å².